The van der Waals surface area contributed by atoms with Crippen LogP contribution in [0.1, 0.15) is 34.1 Å². The monoisotopic (exact) mass is 212 g/mol. The Morgan fingerprint density at radius 3 is 2.40 bits per heavy atom. The highest BCUT2D eigenvalue weighted by atomic mass is 16.1. The van der Waals surface area contributed by atoms with Gasteiger partial charge in [0.05, 0.1) is 6.54 Å². The summed E-state index contributed by atoms with van der Waals surface area (Å²) in [6.45, 7) is 12.3. The van der Waals surface area contributed by atoms with E-state index in [4.69, 9.17) is 0 Å². The Balaban J connectivity index is 3.70. The lowest BCUT2D eigenvalue weighted by Crippen LogP contribution is -2.43. The zero-order valence-corrected chi connectivity index (χ0v) is 10.3. The van der Waals surface area contributed by atoms with Crippen molar-refractivity contribution in [3.05, 3.63) is 12.7 Å². The van der Waals surface area contributed by atoms with Gasteiger partial charge in [-0.2, -0.15) is 0 Å². The lowest BCUT2D eigenvalue weighted by molar-refractivity contribution is -0.121. The molecule has 0 radical (unpaired) electrons. The molecule has 0 bridgehead atoms. The molecule has 2 N–H and O–H groups in total. The molecule has 0 fully saturated rings. The van der Waals surface area contributed by atoms with Gasteiger partial charge in [-0.05, 0) is 26.2 Å². The molecule has 15 heavy (non-hydrogen) atoms. The molecule has 0 aromatic heterocycles. The van der Waals surface area contributed by atoms with Gasteiger partial charge in [0.2, 0.25) is 5.91 Å². The summed E-state index contributed by atoms with van der Waals surface area (Å²) in [4.78, 5) is 11.5. The number of hydrogen-bond acceptors (Lipinski definition) is 2. The molecular formula is C12H24N2O. The number of hydrogen-bond donors (Lipinski definition) is 2. The molecule has 0 aliphatic rings. The van der Waals surface area contributed by atoms with Crippen molar-refractivity contribution in [3.8, 4) is 0 Å². The summed E-state index contributed by atoms with van der Waals surface area (Å²) in [5, 5.41) is 6.09. The van der Waals surface area contributed by atoms with Gasteiger partial charge in [0.25, 0.3) is 0 Å². The summed E-state index contributed by atoms with van der Waals surface area (Å²) in [6.07, 6.45) is 2.74. The molecule has 0 aliphatic carbocycles. The first-order chi connectivity index (χ1) is 6.97. The summed E-state index contributed by atoms with van der Waals surface area (Å²) in [6, 6.07) is 0.539. The zero-order chi connectivity index (χ0) is 11.8. The molecule has 0 aliphatic heterocycles. The normalized spacial score (nSPS) is 14.7. The highest BCUT2D eigenvalue weighted by molar-refractivity contribution is 5.78. The molecule has 2 unspecified atom stereocenters. The van der Waals surface area contributed by atoms with E-state index in [1.807, 2.05) is 19.9 Å². The summed E-state index contributed by atoms with van der Waals surface area (Å²) in [5.74, 6) is 0.534. The number of nitrogens with one attached hydrogen (secondary N) is 2. The molecular weight excluding hydrogens is 188 g/mol. The average molecular weight is 212 g/mol. The lowest BCUT2D eigenvalue weighted by atomic mass is 10.1. The van der Waals surface area contributed by atoms with E-state index in [2.05, 4.69) is 31.1 Å². The van der Waals surface area contributed by atoms with Crippen LogP contribution in [0.4, 0.5) is 0 Å². The standard InChI is InChI=1S/C12H24N2O/c1-6-7-10(4)13-8-12(15)14-11(5)9(2)3/h6,9-11,13H,1,7-8H2,2-5H3,(H,14,15). The van der Waals surface area contributed by atoms with E-state index in [0.717, 1.165) is 6.42 Å². The van der Waals surface area contributed by atoms with Crippen LogP contribution in [0.25, 0.3) is 0 Å². The Hall–Kier alpha value is -0.830. The fraction of sp³-hybridized carbons (Fsp3) is 0.750. The van der Waals surface area contributed by atoms with Crippen LogP contribution in [0.2, 0.25) is 0 Å². The second-order valence-corrected chi connectivity index (χ2v) is 4.41. The predicted octanol–water partition coefficient (Wildman–Crippen LogP) is 1.70. The lowest BCUT2D eigenvalue weighted by Gasteiger charge is -2.18. The van der Waals surface area contributed by atoms with E-state index in [-0.39, 0.29) is 11.9 Å². The first-order valence-corrected chi connectivity index (χ1v) is 5.61. The predicted molar refractivity (Wildman–Crippen MR) is 64.7 cm³/mol. The van der Waals surface area contributed by atoms with E-state index >= 15 is 0 Å². The van der Waals surface area contributed by atoms with Gasteiger partial charge in [0, 0.05) is 12.1 Å². The van der Waals surface area contributed by atoms with Gasteiger partial charge < -0.3 is 10.6 Å². The highest BCUT2D eigenvalue weighted by Gasteiger charge is 2.10. The molecule has 1 amide bonds. The fourth-order valence-electron chi connectivity index (χ4n) is 1.07. The van der Waals surface area contributed by atoms with E-state index in [0.29, 0.717) is 18.5 Å². The molecule has 0 aromatic rings. The number of amides is 1. The third-order valence-corrected chi connectivity index (χ3v) is 2.52. The molecule has 88 valence electrons. The summed E-state index contributed by atoms with van der Waals surface area (Å²) in [7, 11) is 0. The van der Waals surface area contributed by atoms with Crippen LogP contribution in [0.3, 0.4) is 0 Å². The molecule has 0 saturated heterocycles. The van der Waals surface area contributed by atoms with E-state index < -0.39 is 0 Å². The summed E-state index contributed by atoms with van der Waals surface area (Å²) >= 11 is 0. The maximum absolute atomic E-state index is 11.5. The molecule has 3 nitrogen and oxygen atoms in total. The minimum absolute atomic E-state index is 0.0621. The van der Waals surface area contributed by atoms with Crippen LogP contribution in [0.15, 0.2) is 12.7 Å². The molecule has 3 heteroatoms. The molecule has 0 saturated carbocycles. The van der Waals surface area contributed by atoms with Crippen molar-refractivity contribution in [1.29, 1.82) is 0 Å². The van der Waals surface area contributed by atoms with Crippen molar-refractivity contribution < 1.29 is 4.79 Å². The van der Waals surface area contributed by atoms with Gasteiger partial charge in [-0.1, -0.05) is 19.9 Å². The van der Waals surface area contributed by atoms with Crippen molar-refractivity contribution in [3.63, 3.8) is 0 Å². The van der Waals surface area contributed by atoms with Crippen molar-refractivity contribution in [2.45, 2.75) is 46.2 Å². The van der Waals surface area contributed by atoms with Gasteiger partial charge in [-0.3, -0.25) is 4.79 Å². The minimum atomic E-state index is 0.0621. The third kappa shape index (κ3) is 7.14. The van der Waals surface area contributed by atoms with E-state index in [9.17, 15) is 4.79 Å². The maximum Gasteiger partial charge on any atom is 0.234 e. The number of carbonyl (C=O) groups excluding carboxylic acids is 1. The van der Waals surface area contributed by atoms with E-state index in [1.165, 1.54) is 0 Å². The Morgan fingerprint density at radius 2 is 1.93 bits per heavy atom. The second kappa shape index (κ2) is 7.46. The molecule has 0 spiro atoms. The molecule has 2 atom stereocenters. The van der Waals surface area contributed by atoms with Gasteiger partial charge in [-0.15, -0.1) is 6.58 Å². The molecule has 0 heterocycles. The van der Waals surface area contributed by atoms with Crippen LogP contribution in [0, 0.1) is 5.92 Å². The fourth-order valence-corrected chi connectivity index (χ4v) is 1.07. The average Bonchev–Trinajstić information content (AvgIpc) is 2.15. The van der Waals surface area contributed by atoms with Gasteiger partial charge in [0.1, 0.15) is 0 Å². The smallest absolute Gasteiger partial charge is 0.234 e. The Bertz CT molecular complexity index is 202. The first-order valence-electron chi connectivity index (χ1n) is 5.61. The first kappa shape index (κ1) is 14.2. The van der Waals surface area contributed by atoms with Crippen molar-refractivity contribution in [2.24, 2.45) is 5.92 Å². The van der Waals surface area contributed by atoms with Crippen LogP contribution in [-0.2, 0) is 4.79 Å². The van der Waals surface area contributed by atoms with Gasteiger partial charge in [0.15, 0.2) is 0 Å². The molecule has 0 aromatic carbocycles. The Morgan fingerprint density at radius 1 is 1.33 bits per heavy atom. The highest BCUT2D eigenvalue weighted by Crippen LogP contribution is 1.99. The van der Waals surface area contributed by atoms with Crippen molar-refractivity contribution in [2.75, 3.05) is 6.54 Å². The minimum Gasteiger partial charge on any atom is -0.352 e. The van der Waals surface area contributed by atoms with Crippen LogP contribution >= 0.6 is 0 Å². The van der Waals surface area contributed by atoms with Crippen LogP contribution in [-0.4, -0.2) is 24.5 Å². The van der Waals surface area contributed by atoms with Crippen LogP contribution < -0.4 is 10.6 Å². The Labute approximate surface area is 93.3 Å². The van der Waals surface area contributed by atoms with Crippen LogP contribution in [0.5, 0.6) is 0 Å². The van der Waals surface area contributed by atoms with Gasteiger partial charge >= 0.3 is 0 Å². The quantitative estimate of drug-likeness (QED) is 0.631. The number of carbonyl (C=O) groups is 1. The van der Waals surface area contributed by atoms with Gasteiger partial charge in [-0.25, -0.2) is 0 Å². The number of rotatable bonds is 7. The topological polar surface area (TPSA) is 41.1 Å². The largest absolute Gasteiger partial charge is 0.352 e. The maximum atomic E-state index is 11.5. The third-order valence-electron chi connectivity index (χ3n) is 2.52. The Kier molecular flexibility index (Phi) is 7.05. The second-order valence-electron chi connectivity index (χ2n) is 4.41. The van der Waals surface area contributed by atoms with Crippen molar-refractivity contribution in [1.82, 2.24) is 10.6 Å². The summed E-state index contributed by atoms with van der Waals surface area (Å²) in [5.41, 5.74) is 0. The molecule has 0 rings (SSSR count). The SMILES string of the molecule is C=CCC(C)NCC(=O)NC(C)C(C)C. The zero-order valence-electron chi connectivity index (χ0n) is 10.3. The van der Waals surface area contributed by atoms with Crippen molar-refractivity contribution >= 4 is 5.91 Å². The van der Waals surface area contributed by atoms with E-state index in [1.54, 1.807) is 0 Å². The summed E-state index contributed by atoms with van der Waals surface area (Å²) < 4.78 is 0.